The van der Waals surface area contributed by atoms with Gasteiger partial charge in [-0.1, -0.05) is 29.3 Å². The van der Waals surface area contributed by atoms with Crippen LogP contribution in [0.5, 0.6) is 5.75 Å². The molecule has 0 unspecified atom stereocenters. The maximum atomic E-state index is 13.8. The third-order valence-electron chi connectivity index (χ3n) is 9.34. The summed E-state index contributed by atoms with van der Waals surface area (Å²) in [6.45, 7) is 9.02. The van der Waals surface area contributed by atoms with Crippen LogP contribution in [0.15, 0.2) is 29.8 Å². The van der Waals surface area contributed by atoms with Crippen molar-refractivity contribution in [1.29, 1.82) is 0 Å². The number of halogens is 2. The van der Waals surface area contributed by atoms with Crippen LogP contribution in [0.4, 0.5) is 0 Å². The average molecular weight is 639 g/mol. The summed E-state index contributed by atoms with van der Waals surface area (Å²) in [5.74, 6) is 0.0178. The number of fused-ring (bicyclic) bond motifs is 1. The van der Waals surface area contributed by atoms with E-state index in [1.165, 1.54) is 0 Å². The van der Waals surface area contributed by atoms with Gasteiger partial charge in [0.15, 0.2) is 0 Å². The molecule has 1 fully saturated rings. The van der Waals surface area contributed by atoms with E-state index in [-0.39, 0.29) is 17.7 Å². The fraction of sp³-hybridized carbons (Fsp3) is 0.457. The minimum absolute atomic E-state index is 0.0665. The summed E-state index contributed by atoms with van der Waals surface area (Å²) in [5.41, 5.74) is 9.75. The Morgan fingerprint density at radius 2 is 1.73 bits per heavy atom. The van der Waals surface area contributed by atoms with Crippen LogP contribution in [0, 0.1) is 39.5 Å². The van der Waals surface area contributed by atoms with Crippen molar-refractivity contribution in [3.8, 4) is 16.9 Å². The Kier molecular flexibility index (Phi) is 9.76. The van der Waals surface area contributed by atoms with Gasteiger partial charge in [-0.3, -0.25) is 14.3 Å². The van der Waals surface area contributed by atoms with Crippen LogP contribution in [-0.4, -0.2) is 39.9 Å². The van der Waals surface area contributed by atoms with Crippen LogP contribution in [0.1, 0.15) is 72.2 Å². The fourth-order valence-electron chi connectivity index (χ4n) is 6.83. The number of hydrogen-bond donors (Lipinski definition) is 2. The van der Waals surface area contributed by atoms with Crippen LogP contribution in [0.25, 0.3) is 16.7 Å². The number of aryl methyl sites for hydroxylation is 4. The van der Waals surface area contributed by atoms with Gasteiger partial charge in [-0.25, -0.2) is 0 Å². The third kappa shape index (κ3) is 6.54. The lowest BCUT2D eigenvalue weighted by Crippen LogP contribution is -2.33. The van der Waals surface area contributed by atoms with Crippen LogP contribution in [0.2, 0.25) is 10.0 Å². The molecule has 2 aliphatic carbocycles. The normalized spacial score (nSPS) is 18.0. The number of benzene rings is 2. The van der Waals surface area contributed by atoms with Crippen LogP contribution < -0.4 is 10.1 Å². The molecule has 9 heteroatoms. The van der Waals surface area contributed by atoms with E-state index >= 15 is 0 Å². The maximum absolute atomic E-state index is 13.8. The average Bonchev–Trinajstić information content (AvgIpc) is 3.48. The Labute approximate surface area is 269 Å². The highest BCUT2D eigenvalue weighted by Gasteiger charge is 2.32. The lowest BCUT2D eigenvalue weighted by Gasteiger charge is -2.26. The Morgan fingerprint density at radius 3 is 2.34 bits per heavy atom. The van der Waals surface area contributed by atoms with Crippen molar-refractivity contribution in [1.82, 2.24) is 15.1 Å². The van der Waals surface area contributed by atoms with E-state index in [1.54, 1.807) is 0 Å². The van der Waals surface area contributed by atoms with Crippen molar-refractivity contribution >= 4 is 40.7 Å². The number of hydrogen-bond acceptors (Lipinski definition) is 4. The number of carboxylic acids is 1. The first kappa shape index (κ1) is 32.1. The molecule has 5 rings (SSSR count). The van der Waals surface area contributed by atoms with Gasteiger partial charge in [-0.05, 0) is 118 Å². The summed E-state index contributed by atoms with van der Waals surface area (Å²) in [4.78, 5) is 25.2. The summed E-state index contributed by atoms with van der Waals surface area (Å²) in [6, 6.07) is 7.88. The molecule has 2 aliphatic rings. The van der Waals surface area contributed by atoms with E-state index in [1.807, 2.05) is 63.7 Å². The van der Waals surface area contributed by atoms with Crippen molar-refractivity contribution < 1.29 is 19.4 Å². The monoisotopic (exact) mass is 637 g/mol. The Bertz CT molecular complexity index is 1610. The van der Waals surface area contributed by atoms with Crippen LogP contribution >= 0.6 is 23.2 Å². The largest absolute Gasteiger partial charge is 0.494 e. The molecule has 1 saturated carbocycles. The summed E-state index contributed by atoms with van der Waals surface area (Å²) < 4.78 is 7.98. The first-order valence-corrected chi connectivity index (χ1v) is 16.2. The van der Waals surface area contributed by atoms with Gasteiger partial charge >= 0.3 is 5.97 Å². The molecule has 0 aliphatic heterocycles. The Hall–Kier alpha value is -3.29. The van der Waals surface area contributed by atoms with Gasteiger partial charge in [0.05, 0.1) is 18.2 Å². The molecule has 1 amide bonds. The highest BCUT2D eigenvalue weighted by atomic mass is 35.5. The lowest BCUT2D eigenvalue weighted by molar-refractivity contribution is -0.143. The number of carbonyl (C=O) groups is 2. The van der Waals surface area contributed by atoms with Crippen molar-refractivity contribution in [2.24, 2.45) is 18.9 Å². The number of aliphatic carboxylic acids is 1. The number of nitrogens with zero attached hydrogens (tertiary/aromatic N) is 2. The molecule has 0 atom stereocenters. The number of aromatic nitrogens is 2. The highest BCUT2D eigenvalue weighted by Crippen LogP contribution is 2.45. The maximum Gasteiger partial charge on any atom is 0.306 e. The molecule has 1 heterocycles. The number of allylic oxidation sites excluding steroid dienone is 1. The van der Waals surface area contributed by atoms with E-state index in [9.17, 15) is 14.7 Å². The first-order chi connectivity index (χ1) is 21.0. The molecule has 2 aromatic carbocycles. The van der Waals surface area contributed by atoms with Gasteiger partial charge in [0.25, 0.3) is 0 Å². The standard InChI is InChI=1S/C35H41Cl2N3O4/c1-19-15-25(16-20(2)33(19)37)44-14-6-7-26-27-12-13-30(36)32(31-21(3)39-40(5)22(31)4)28(27)17-29(26)34(41)38-18-23-8-10-24(11-9-23)35(42)43/h12-13,15-16,23-24H,6-11,14,17-18H2,1-5H3,(H,38,41)(H,42,43). The van der Waals surface area contributed by atoms with E-state index in [2.05, 4.69) is 10.4 Å². The van der Waals surface area contributed by atoms with Gasteiger partial charge in [-0.2, -0.15) is 5.10 Å². The van der Waals surface area contributed by atoms with E-state index in [0.29, 0.717) is 43.9 Å². The number of ether oxygens (including phenoxy) is 1. The molecule has 7 nitrogen and oxygen atoms in total. The minimum atomic E-state index is -0.718. The van der Waals surface area contributed by atoms with Crippen molar-refractivity contribution in [2.45, 2.75) is 72.6 Å². The summed E-state index contributed by atoms with van der Waals surface area (Å²) in [5, 5.41) is 18.6. The molecule has 1 aromatic heterocycles. The smallest absolute Gasteiger partial charge is 0.306 e. The van der Waals surface area contributed by atoms with Crippen molar-refractivity contribution in [3.63, 3.8) is 0 Å². The first-order valence-electron chi connectivity index (χ1n) is 15.4. The lowest BCUT2D eigenvalue weighted by atomic mass is 9.82. The molecule has 0 radical (unpaired) electrons. The van der Waals surface area contributed by atoms with Gasteiger partial charge < -0.3 is 15.2 Å². The SMILES string of the molecule is Cc1cc(OCCCC2=C(C(=O)NCC3CCC(C(=O)O)CC3)Cc3c2ccc(Cl)c3-c2c(C)nn(C)c2C)cc(C)c1Cl. The molecule has 0 spiro atoms. The Morgan fingerprint density at radius 1 is 1.05 bits per heavy atom. The zero-order valence-corrected chi connectivity index (χ0v) is 27.7. The molecule has 0 bridgehead atoms. The van der Waals surface area contributed by atoms with Gasteiger partial charge in [0.2, 0.25) is 5.91 Å². The van der Waals surface area contributed by atoms with Crippen LogP contribution in [0.3, 0.4) is 0 Å². The molecular formula is C35H41Cl2N3O4. The second kappa shape index (κ2) is 13.4. The quantitative estimate of drug-likeness (QED) is 0.221. The molecule has 0 saturated heterocycles. The number of nitrogens with one attached hydrogen (secondary N) is 1. The van der Waals surface area contributed by atoms with Crippen LogP contribution in [-0.2, 0) is 23.1 Å². The zero-order valence-electron chi connectivity index (χ0n) is 26.2. The van der Waals surface area contributed by atoms with Gasteiger partial charge in [-0.15, -0.1) is 0 Å². The van der Waals surface area contributed by atoms with E-state index in [4.69, 9.17) is 27.9 Å². The summed E-state index contributed by atoms with van der Waals surface area (Å²) >= 11 is 13.2. The fourth-order valence-corrected chi connectivity index (χ4v) is 7.21. The predicted octanol–water partition coefficient (Wildman–Crippen LogP) is 7.80. The van der Waals surface area contributed by atoms with E-state index in [0.717, 1.165) is 85.9 Å². The minimum Gasteiger partial charge on any atom is -0.494 e. The molecular weight excluding hydrogens is 597 g/mol. The second-order valence-electron chi connectivity index (χ2n) is 12.3. The molecule has 3 aromatic rings. The number of rotatable bonds is 10. The molecule has 2 N–H and O–H groups in total. The van der Waals surface area contributed by atoms with Crippen molar-refractivity contribution in [2.75, 3.05) is 13.2 Å². The van der Waals surface area contributed by atoms with Gasteiger partial charge in [0, 0.05) is 52.5 Å². The number of carboxylic acid groups (broad SMARTS) is 1. The third-order valence-corrected chi connectivity index (χ3v) is 10.2. The summed E-state index contributed by atoms with van der Waals surface area (Å²) in [7, 11) is 1.93. The molecule has 44 heavy (non-hydrogen) atoms. The summed E-state index contributed by atoms with van der Waals surface area (Å²) in [6.07, 6.45) is 4.84. The predicted molar refractivity (Wildman–Crippen MR) is 176 cm³/mol. The second-order valence-corrected chi connectivity index (χ2v) is 13.1. The Balaban J connectivity index is 1.38. The van der Waals surface area contributed by atoms with Gasteiger partial charge in [0.1, 0.15) is 5.75 Å². The van der Waals surface area contributed by atoms with Crippen molar-refractivity contribution in [3.05, 3.63) is 73.5 Å². The zero-order chi connectivity index (χ0) is 31.7. The van der Waals surface area contributed by atoms with E-state index < -0.39 is 5.97 Å². The number of carbonyl (C=O) groups excluding carboxylic acids is 1. The number of amides is 1. The highest BCUT2D eigenvalue weighted by molar-refractivity contribution is 6.34. The molecule has 234 valence electrons. The topological polar surface area (TPSA) is 93.4 Å².